The summed E-state index contributed by atoms with van der Waals surface area (Å²) < 4.78 is 14.0. The highest BCUT2D eigenvalue weighted by Gasteiger charge is 2.17. The van der Waals surface area contributed by atoms with E-state index in [1.165, 1.54) is 5.56 Å². The molecule has 0 saturated carbocycles. The summed E-state index contributed by atoms with van der Waals surface area (Å²) in [6, 6.07) is 16.5. The first-order chi connectivity index (χ1) is 10.5. The monoisotopic (exact) mass is 315 g/mol. The van der Waals surface area contributed by atoms with E-state index in [2.05, 4.69) is 37.9 Å². The van der Waals surface area contributed by atoms with Crippen molar-refractivity contribution in [1.82, 2.24) is 0 Å². The maximum Gasteiger partial charge on any atom is 0.126 e. The molecule has 2 aromatic rings. The highest BCUT2D eigenvalue weighted by molar-refractivity contribution is 8.01. The van der Waals surface area contributed by atoms with Crippen molar-refractivity contribution in [3.63, 3.8) is 0 Å². The van der Waals surface area contributed by atoms with Gasteiger partial charge in [0.15, 0.2) is 0 Å². The van der Waals surface area contributed by atoms with E-state index in [1.807, 2.05) is 30.3 Å². The van der Waals surface area contributed by atoms with Crippen molar-refractivity contribution in [3.8, 4) is 16.9 Å². The molecule has 0 aliphatic heterocycles. The molecule has 0 bridgehead atoms. The van der Waals surface area contributed by atoms with Crippen molar-refractivity contribution in [2.75, 3.05) is 18.6 Å². The predicted octanol–water partition coefficient (Wildman–Crippen LogP) is 4.83. The lowest BCUT2D eigenvalue weighted by Gasteiger charge is -2.22. The smallest absolute Gasteiger partial charge is 0.126 e. The van der Waals surface area contributed by atoms with Gasteiger partial charge in [-0.2, -0.15) is 0 Å². The molecule has 2 rings (SSSR count). The first-order valence-corrected chi connectivity index (χ1v) is 9.71. The Balaban J connectivity index is 2.52. The Bertz CT molecular complexity index is 720. The molecule has 2 aromatic carbocycles. The van der Waals surface area contributed by atoms with E-state index in [0.717, 1.165) is 28.4 Å². The zero-order chi connectivity index (χ0) is 16.2. The van der Waals surface area contributed by atoms with Crippen LogP contribution in [-0.4, -0.2) is 24.5 Å². The number of hydrogen-bond acceptors (Lipinski definition) is 2. The maximum atomic E-state index is 8.37. The second-order valence-electron chi connectivity index (χ2n) is 5.69. The quantitative estimate of drug-likeness (QED) is 0.761. The number of rotatable bonds is 6. The molecule has 2 atom stereocenters. The van der Waals surface area contributed by atoms with E-state index in [1.54, 1.807) is 7.11 Å². The average Bonchev–Trinajstić information content (AvgIpc) is 2.54. The summed E-state index contributed by atoms with van der Waals surface area (Å²) in [6.45, 7) is 4.25. The fourth-order valence-electron chi connectivity index (χ4n) is 2.73. The van der Waals surface area contributed by atoms with Crippen LogP contribution in [0.25, 0.3) is 11.1 Å². The van der Waals surface area contributed by atoms with E-state index < -0.39 is 9.41 Å². The molecule has 0 amide bonds. The van der Waals surface area contributed by atoms with Crippen LogP contribution in [0.2, 0.25) is 0 Å². The summed E-state index contributed by atoms with van der Waals surface area (Å²) in [6.07, 6.45) is 0. The molecule has 0 fully saturated rings. The summed E-state index contributed by atoms with van der Waals surface area (Å²) >= 11 is 0. The molecule has 0 heterocycles. The van der Waals surface area contributed by atoms with Crippen molar-refractivity contribution in [3.05, 3.63) is 54.1 Å². The first kappa shape index (κ1) is 16.6. The van der Waals surface area contributed by atoms with E-state index in [9.17, 15) is 0 Å². The summed E-state index contributed by atoms with van der Waals surface area (Å²) in [7, 11) is 0.186. The molecule has 118 valence electrons. The van der Waals surface area contributed by atoms with Crippen LogP contribution in [0, 0.1) is 4.78 Å². The minimum atomic E-state index is -1.53. The van der Waals surface area contributed by atoms with Gasteiger partial charge in [-0.25, -0.2) is 0 Å². The SMILES string of the molecule is C=S(=N)(CC)CC(C)c1cccc(OC)c1-c1ccccc1. The lowest BCUT2D eigenvalue weighted by Crippen LogP contribution is -2.13. The molecule has 1 N–H and O–H groups in total. The van der Waals surface area contributed by atoms with Crippen molar-refractivity contribution < 1.29 is 4.74 Å². The third-order valence-electron chi connectivity index (χ3n) is 3.99. The van der Waals surface area contributed by atoms with Gasteiger partial charge in [-0.3, -0.25) is 4.78 Å². The van der Waals surface area contributed by atoms with E-state index >= 15 is 0 Å². The summed E-state index contributed by atoms with van der Waals surface area (Å²) in [5, 5.41) is 0. The molecule has 22 heavy (non-hydrogen) atoms. The molecule has 2 unspecified atom stereocenters. The number of benzene rings is 2. The van der Waals surface area contributed by atoms with Crippen LogP contribution in [0.1, 0.15) is 25.3 Å². The Kier molecular flexibility index (Phi) is 5.30. The lowest BCUT2D eigenvalue weighted by molar-refractivity contribution is 0.416. The van der Waals surface area contributed by atoms with Gasteiger partial charge in [0, 0.05) is 11.3 Å². The first-order valence-electron chi connectivity index (χ1n) is 7.57. The fourth-order valence-corrected chi connectivity index (χ4v) is 4.10. The Morgan fingerprint density at radius 1 is 1.14 bits per heavy atom. The standard InChI is InChI=1S/C19H25NOS/c1-5-22(4,20)14-15(2)17-12-9-13-18(21-3)19(17)16-10-7-6-8-11-16/h6-13,15,20H,4-5,14H2,1-3H3. The topological polar surface area (TPSA) is 33.1 Å². The lowest BCUT2D eigenvalue weighted by atomic mass is 9.92. The highest BCUT2D eigenvalue weighted by atomic mass is 32.2. The molecule has 3 heteroatoms. The van der Waals surface area contributed by atoms with Crippen LogP contribution >= 0.6 is 0 Å². The summed E-state index contributed by atoms with van der Waals surface area (Å²) in [5.41, 5.74) is 3.55. The van der Waals surface area contributed by atoms with Gasteiger partial charge < -0.3 is 4.74 Å². The fraction of sp³-hybridized carbons (Fsp3) is 0.316. The second kappa shape index (κ2) is 7.01. The molecular formula is C19H25NOS. The van der Waals surface area contributed by atoms with Crippen LogP contribution in [-0.2, 0) is 9.41 Å². The molecule has 2 nitrogen and oxygen atoms in total. The molecular weight excluding hydrogens is 290 g/mol. The molecule has 0 radical (unpaired) electrons. The van der Waals surface area contributed by atoms with Crippen LogP contribution in [0.4, 0.5) is 0 Å². The molecule has 0 aliphatic carbocycles. The van der Waals surface area contributed by atoms with Gasteiger partial charge in [-0.1, -0.05) is 62.2 Å². The summed E-state index contributed by atoms with van der Waals surface area (Å²) in [5.74, 6) is 6.95. The molecule has 0 spiro atoms. The van der Waals surface area contributed by atoms with Crippen molar-refractivity contribution in [1.29, 1.82) is 4.78 Å². The van der Waals surface area contributed by atoms with Crippen LogP contribution in [0.3, 0.4) is 0 Å². The second-order valence-corrected chi connectivity index (χ2v) is 8.69. The Labute approximate surface area is 134 Å². The van der Waals surface area contributed by atoms with Crippen LogP contribution in [0.15, 0.2) is 48.5 Å². The van der Waals surface area contributed by atoms with Gasteiger partial charge in [-0.05, 0) is 28.9 Å². The van der Waals surface area contributed by atoms with Gasteiger partial charge in [-0.15, -0.1) is 9.41 Å². The largest absolute Gasteiger partial charge is 0.496 e. The van der Waals surface area contributed by atoms with Gasteiger partial charge in [0.05, 0.1) is 7.11 Å². The number of nitrogens with one attached hydrogen (secondary N) is 1. The van der Waals surface area contributed by atoms with Crippen LogP contribution < -0.4 is 4.74 Å². The van der Waals surface area contributed by atoms with Crippen molar-refractivity contribution in [2.24, 2.45) is 0 Å². The third kappa shape index (κ3) is 3.72. The van der Waals surface area contributed by atoms with Gasteiger partial charge in [0.2, 0.25) is 0 Å². The van der Waals surface area contributed by atoms with Gasteiger partial charge in [0.25, 0.3) is 0 Å². The minimum Gasteiger partial charge on any atom is -0.496 e. The molecule has 0 saturated heterocycles. The zero-order valence-corrected chi connectivity index (χ0v) is 14.5. The minimum absolute atomic E-state index is 0.287. The van der Waals surface area contributed by atoms with E-state index in [-0.39, 0.29) is 5.92 Å². The zero-order valence-electron chi connectivity index (χ0n) is 13.6. The van der Waals surface area contributed by atoms with Crippen LogP contribution in [0.5, 0.6) is 5.75 Å². The van der Waals surface area contributed by atoms with Gasteiger partial charge in [0.1, 0.15) is 5.75 Å². The average molecular weight is 315 g/mol. The summed E-state index contributed by atoms with van der Waals surface area (Å²) in [4.78, 5) is 0. The highest BCUT2D eigenvalue weighted by Crippen LogP contribution is 2.37. The third-order valence-corrected chi connectivity index (χ3v) is 6.24. The maximum absolute atomic E-state index is 8.37. The Morgan fingerprint density at radius 2 is 1.82 bits per heavy atom. The number of ether oxygens (including phenoxy) is 1. The van der Waals surface area contributed by atoms with Gasteiger partial charge >= 0.3 is 0 Å². The Hall–Kier alpha value is -1.74. The molecule has 0 aliphatic rings. The Morgan fingerprint density at radius 3 is 2.41 bits per heavy atom. The predicted molar refractivity (Wildman–Crippen MR) is 99.5 cm³/mol. The van der Waals surface area contributed by atoms with E-state index in [0.29, 0.717) is 0 Å². The molecule has 0 aromatic heterocycles. The number of methoxy groups -OCH3 is 1. The van der Waals surface area contributed by atoms with Crippen molar-refractivity contribution >= 4 is 15.3 Å². The van der Waals surface area contributed by atoms with Crippen molar-refractivity contribution in [2.45, 2.75) is 19.8 Å². The normalized spacial score (nSPS) is 15.0. The number of hydrogen-bond donors (Lipinski definition) is 1. The van der Waals surface area contributed by atoms with E-state index in [4.69, 9.17) is 9.52 Å².